The number of nitrogens with zero attached hydrogens (tertiary/aromatic N) is 2. The van der Waals surface area contributed by atoms with E-state index in [2.05, 4.69) is 39.4 Å². The molecule has 1 aliphatic carbocycles. The molecular formula is C16H23N3S. The molecule has 1 saturated carbocycles. The van der Waals surface area contributed by atoms with E-state index in [0.29, 0.717) is 6.04 Å². The Morgan fingerprint density at radius 2 is 2.20 bits per heavy atom. The first-order valence-electron chi connectivity index (χ1n) is 7.69. The van der Waals surface area contributed by atoms with Gasteiger partial charge in [0.1, 0.15) is 0 Å². The Bertz CT molecular complexity index is 537. The average Bonchev–Trinajstić information content (AvgIpc) is 3.10. The standard InChI is InChI=1S/C16H23N3S/c1-2-13-8-11-20-15(13)12-19-10-9-17-16(19)18-14-6-4-3-5-7-14/h8-11,14H,2-7,12H2,1H3,(H,17,18). The molecule has 3 nitrogen and oxygen atoms in total. The van der Waals surface area contributed by atoms with Crippen molar-refractivity contribution in [2.24, 2.45) is 0 Å². The van der Waals surface area contributed by atoms with E-state index in [1.54, 1.807) is 0 Å². The van der Waals surface area contributed by atoms with Gasteiger partial charge in [0.25, 0.3) is 0 Å². The minimum Gasteiger partial charge on any atom is -0.353 e. The zero-order chi connectivity index (χ0) is 13.8. The van der Waals surface area contributed by atoms with Crippen LogP contribution in [0.3, 0.4) is 0 Å². The lowest BCUT2D eigenvalue weighted by atomic mass is 9.96. The van der Waals surface area contributed by atoms with Gasteiger partial charge in [0.2, 0.25) is 5.95 Å². The van der Waals surface area contributed by atoms with Crippen molar-refractivity contribution < 1.29 is 0 Å². The van der Waals surface area contributed by atoms with Gasteiger partial charge in [-0.05, 0) is 36.3 Å². The molecule has 108 valence electrons. The third-order valence-corrected chi connectivity index (χ3v) is 5.13. The summed E-state index contributed by atoms with van der Waals surface area (Å²) in [6.07, 6.45) is 11.8. The molecular weight excluding hydrogens is 266 g/mol. The molecule has 0 atom stereocenters. The highest BCUT2D eigenvalue weighted by Crippen LogP contribution is 2.23. The summed E-state index contributed by atoms with van der Waals surface area (Å²) in [5.41, 5.74) is 1.47. The second-order valence-electron chi connectivity index (χ2n) is 5.58. The molecule has 0 unspecified atom stereocenters. The van der Waals surface area contributed by atoms with Crippen LogP contribution in [-0.2, 0) is 13.0 Å². The van der Waals surface area contributed by atoms with Crippen LogP contribution in [0.15, 0.2) is 23.8 Å². The van der Waals surface area contributed by atoms with Gasteiger partial charge in [0.15, 0.2) is 0 Å². The van der Waals surface area contributed by atoms with Crippen molar-refractivity contribution >= 4 is 17.3 Å². The maximum absolute atomic E-state index is 4.50. The molecule has 20 heavy (non-hydrogen) atoms. The SMILES string of the molecule is CCc1ccsc1Cn1ccnc1NC1CCCCC1. The molecule has 4 heteroatoms. The maximum Gasteiger partial charge on any atom is 0.203 e. The lowest BCUT2D eigenvalue weighted by molar-refractivity contribution is 0.459. The van der Waals surface area contributed by atoms with Crippen molar-refractivity contribution in [1.29, 1.82) is 0 Å². The molecule has 1 N–H and O–H groups in total. The summed E-state index contributed by atoms with van der Waals surface area (Å²) in [5, 5.41) is 5.83. The highest BCUT2D eigenvalue weighted by atomic mass is 32.1. The van der Waals surface area contributed by atoms with Crippen molar-refractivity contribution in [2.75, 3.05) is 5.32 Å². The molecule has 2 aromatic heterocycles. The Hall–Kier alpha value is -1.29. The van der Waals surface area contributed by atoms with Gasteiger partial charge in [-0.25, -0.2) is 4.98 Å². The summed E-state index contributed by atoms with van der Waals surface area (Å²) in [6.45, 7) is 3.16. The summed E-state index contributed by atoms with van der Waals surface area (Å²) >= 11 is 1.85. The van der Waals surface area contributed by atoms with E-state index in [4.69, 9.17) is 0 Å². The van der Waals surface area contributed by atoms with Crippen LogP contribution in [0.2, 0.25) is 0 Å². The van der Waals surface area contributed by atoms with Crippen molar-refractivity contribution in [3.05, 3.63) is 34.3 Å². The van der Waals surface area contributed by atoms with Crippen LogP contribution in [-0.4, -0.2) is 15.6 Å². The Kier molecular flexibility index (Phi) is 4.41. The number of imidazole rings is 1. The van der Waals surface area contributed by atoms with Crippen LogP contribution in [0.1, 0.15) is 49.5 Å². The van der Waals surface area contributed by atoms with Gasteiger partial charge < -0.3 is 9.88 Å². The molecule has 0 saturated heterocycles. The first kappa shape index (κ1) is 13.7. The van der Waals surface area contributed by atoms with Crippen molar-refractivity contribution in [2.45, 2.75) is 58.0 Å². The van der Waals surface area contributed by atoms with Gasteiger partial charge in [-0.15, -0.1) is 11.3 Å². The number of aryl methyl sites for hydroxylation is 1. The predicted molar refractivity (Wildman–Crippen MR) is 85.5 cm³/mol. The van der Waals surface area contributed by atoms with E-state index in [0.717, 1.165) is 18.9 Å². The topological polar surface area (TPSA) is 29.9 Å². The number of aromatic nitrogens is 2. The number of hydrogen-bond donors (Lipinski definition) is 1. The van der Waals surface area contributed by atoms with Crippen LogP contribution in [0.4, 0.5) is 5.95 Å². The van der Waals surface area contributed by atoms with E-state index in [1.165, 1.54) is 42.5 Å². The quantitative estimate of drug-likeness (QED) is 0.889. The summed E-state index contributed by atoms with van der Waals surface area (Å²) in [5.74, 6) is 1.03. The smallest absolute Gasteiger partial charge is 0.203 e. The number of thiophene rings is 1. The van der Waals surface area contributed by atoms with Crippen molar-refractivity contribution in [3.63, 3.8) is 0 Å². The van der Waals surface area contributed by atoms with Gasteiger partial charge >= 0.3 is 0 Å². The number of hydrogen-bond acceptors (Lipinski definition) is 3. The monoisotopic (exact) mass is 289 g/mol. The fraction of sp³-hybridized carbons (Fsp3) is 0.562. The van der Waals surface area contributed by atoms with E-state index in [-0.39, 0.29) is 0 Å². The Morgan fingerprint density at radius 3 is 3.00 bits per heavy atom. The van der Waals surface area contributed by atoms with Crippen LogP contribution in [0.25, 0.3) is 0 Å². The predicted octanol–water partition coefficient (Wildman–Crippen LogP) is 4.30. The van der Waals surface area contributed by atoms with E-state index in [9.17, 15) is 0 Å². The second-order valence-corrected chi connectivity index (χ2v) is 6.58. The van der Waals surface area contributed by atoms with Gasteiger partial charge in [0, 0.05) is 23.3 Å². The maximum atomic E-state index is 4.50. The second kappa shape index (κ2) is 6.44. The molecule has 0 aliphatic heterocycles. The van der Waals surface area contributed by atoms with Gasteiger partial charge in [-0.3, -0.25) is 0 Å². The largest absolute Gasteiger partial charge is 0.353 e. The summed E-state index contributed by atoms with van der Waals surface area (Å²) in [7, 11) is 0. The molecule has 0 radical (unpaired) electrons. The van der Waals surface area contributed by atoms with Crippen LogP contribution in [0.5, 0.6) is 0 Å². The Morgan fingerprint density at radius 1 is 1.35 bits per heavy atom. The molecule has 0 amide bonds. The van der Waals surface area contributed by atoms with Crippen LogP contribution < -0.4 is 5.32 Å². The third-order valence-electron chi connectivity index (χ3n) is 4.19. The first-order valence-corrected chi connectivity index (χ1v) is 8.57. The zero-order valence-electron chi connectivity index (χ0n) is 12.1. The highest BCUT2D eigenvalue weighted by molar-refractivity contribution is 7.10. The molecule has 2 aromatic rings. The summed E-state index contributed by atoms with van der Waals surface area (Å²) in [4.78, 5) is 5.96. The van der Waals surface area contributed by atoms with E-state index >= 15 is 0 Å². The molecule has 1 aliphatic rings. The minimum atomic E-state index is 0.610. The number of rotatable bonds is 5. The van der Waals surface area contributed by atoms with Crippen molar-refractivity contribution in [3.8, 4) is 0 Å². The van der Waals surface area contributed by atoms with Gasteiger partial charge in [0.05, 0.1) is 6.54 Å². The lowest BCUT2D eigenvalue weighted by Gasteiger charge is -2.23. The molecule has 0 spiro atoms. The molecule has 0 aromatic carbocycles. The fourth-order valence-corrected chi connectivity index (χ4v) is 3.96. The van der Waals surface area contributed by atoms with E-state index < -0.39 is 0 Å². The molecule has 2 heterocycles. The van der Waals surface area contributed by atoms with E-state index in [1.807, 2.05) is 17.5 Å². The highest BCUT2D eigenvalue weighted by Gasteiger charge is 2.15. The number of anilines is 1. The Labute approximate surface area is 125 Å². The molecule has 1 fully saturated rings. The average molecular weight is 289 g/mol. The summed E-state index contributed by atoms with van der Waals surface area (Å²) in [6, 6.07) is 2.85. The normalized spacial score (nSPS) is 16.4. The molecule has 0 bridgehead atoms. The van der Waals surface area contributed by atoms with Gasteiger partial charge in [-0.1, -0.05) is 26.2 Å². The van der Waals surface area contributed by atoms with Crippen LogP contribution in [0, 0.1) is 0 Å². The number of nitrogens with one attached hydrogen (secondary N) is 1. The van der Waals surface area contributed by atoms with Crippen molar-refractivity contribution in [1.82, 2.24) is 9.55 Å². The minimum absolute atomic E-state index is 0.610. The lowest BCUT2D eigenvalue weighted by Crippen LogP contribution is -2.24. The summed E-state index contributed by atoms with van der Waals surface area (Å²) < 4.78 is 2.25. The fourth-order valence-electron chi connectivity index (χ4n) is 2.98. The Balaban J connectivity index is 1.69. The van der Waals surface area contributed by atoms with Gasteiger partial charge in [-0.2, -0.15) is 0 Å². The third kappa shape index (κ3) is 3.06. The molecule has 3 rings (SSSR count). The van der Waals surface area contributed by atoms with Crippen LogP contribution >= 0.6 is 11.3 Å². The zero-order valence-corrected chi connectivity index (χ0v) is 13.0. The first-order chi connectivity index (χ1) is 9.86.